The topological polar surface area (TPSA) is 41.9 Å². The molecule has 2 aliphatic heterocycles. The van der Waals surface area contributed by atoms with Crippen molar-refractivity contribution in [3.8, 4) is 5.75 Å². The minimum absolute atomic E-state index is 0.126. The van der Waals surface area contributed by atoms with E-state index < -0.39 is 23.8 Å². The number of aliphatic hydroxyl groups excluding tert-OH is 1. The molecule has 0 spiro atoms. The van der Waals surface area contributed by atoms with Crippen molar-refractivity contribution in [2.24, 2.45) is 0 Å². The molecular formula is C16H21F2NO3. The van der Waals surface area contributed by atoms with Crippen LogP contribution in [-0.2, 0) is 4.74 Å². The molecule has 2 aliphatic rings. The van der Waals surface area contributed by atoms with Gasteiger partial charge in [-0.05, 0) is 19.3 Å². The van der Waals surface area contributed by atoms with E-state index in [1.807, 2.05) is 0 Å². The highest BCUT2D eigenvalue weighted by molar-refractivity contribution is 5.24. The lowest BCUT2D eigenvalue weighted by molar-refractivity contribution is -0.0541. The maximum absolute atomic E-state index is 13.2. The number of rotatable bonds is 3. The Hall–Kier alpha value is -1.24. The van der Waals surface area contributed by atoms with Crippen molar-refractivity contribution in [1.29, 1.82) is 0 Å². The summed E-state index contributed by atoms with van der Waals surface area (Å²) in [5.74, 6) is -1.23. The van der Waals surface area contributed by atoms with Gasteiger partial charge in [0.25, 0.3) is 0 Å². The van der Waals surface area contributed by atoms with Gasteiger partial charge in [0.05, 0.1) is 0 Å². The highest BCUT2D eigenvalue weighted by atomic mass is 19.1. The fraction of sp³-hybridized carbons (Fsp3) is 0.625. The van der Waals surface area contributed by atoms with Gasteiger partial charge in [0.1, 0.15) is 29.6 Å². The Balaban J connectivity index is 1.58. The second kappa shape index (κ2) is 6.89. The summed E-state index contributed by atoms with van der Waals surface area (Å²) in [6.45, 7) is 2.86. The minimum atomic E-state index is -0.677. The zero-order chi connectivity index (χ0) is 15.5. The van der Waals surface area contributed by atoms with Crippen LogP contribution in [0.2, 0.25) is 0 Å². The van der Waals surface area contributed by atoms with Gasteiger partial charge in [-0.15, -0.1) is 0 Å². The molecule has 2 heterocycles. The van der Waals surface area contributed by atoms with E-state index in [1.54, 1.807) is 0 Å². The predicted octanol–water partition coefficient (Wildman–Crippen LogP) is 1.96. The largest absolute Gasteiger partial charge is 0.487 e. The predicted molar refractivity (Wildman–Crippen MR) is 76.8 cm³/mol. The molecule has 0 bridgehead atoms. The van der Waals surface area contributed by atoms with Crippen LogP contribution in [0.15, 0.2) is 18.2 Å². The molecule has 0 aromatic heterocycles. The lowest BCUT2D eigenvalue weighted by Gasteiger charge is -2.41. The van der Waals surface area contributed by atoms with Gasteiger partial charge in [-0.1, -0.05) is 0 Å². The molecule has 1 aromatic carbocycles. The summed E-state index contributed by atoms with van der Waals surface area (Å²) in [5, 5.41) is 10.3. The van der Waals surface area contributed by atoms with Gasteiger partial charge in [0, 0.05) is 50.5 Å². The molecule has 2 saturated heterocycles. The summed E-state index contributed by atoms with van der Waals surface area (Å²) >= 11 is 0. The second-order valence-electron chi connectivity index (χ2n) is 5.96. The highest BCUT2D eigenvalue weighted by Crippen LogP contribution is 2.24. The molecule has 0 radical (unpaired) electrons. The van der Waals surface area contributed by atoms with Gasteiger partial charge < -0.3 is 14.6 Å². The number of aliphatic hydroxyl groups is 1. The first-order chi connectivity index (χ1) is 10.6. The van der Waals surface area contributed by atoms with Crippen LogP contribution in [0.5, 0.6) is 5.75 Å². The molecule has 1 N–H and O–H groups in total. The quantitative estimate of drug-likeness (QED) is 0.926. The Morgan fingerprint density at radius 3 is 2.41 bits per heavy atom. The van der Waals surface area contributed by atoms with Crippen LogP contribution >= 0.6 is 0 Å². The molecule has 0 amide bonds. The van der Waals surface area contributed by atoms with Crippen molar-refractivity contribution in [2.45, 2.75) is 37.5 Å². The van der Waals surface area contributed by atoms with Crippen LogP contribution in [0.4, 0.5) is 8.78 Å². The van der Waals surface area contributed by atoms with Gasteiger partial charge in [0.2, 0.25) is 0 Å². The number of ether oxygens (including phenoxy) is 2. The zero-order valence-corrected chi connectivity index (χ0v) is 12.4. The average molecular weight is 313 g/mol. The van der Waals surface area contributed by atoms with E-state index >= 15 is 0 Å². The van der Waals surface area contributed by atoms with E-state index in [1.165, 1.54) is 0 Å². The Morgan fingerprint density at radius 1 is 1.09 bits per heavy atom. The monoisotopic (exact) mass is 313 g/mol. The van der Waals surface area contributed by atoms with Crippen molar-refractivity contribution >= 4 is 0 Å². The maximum Gasteiger partial charge on any atom is 0.129 e. The molecule has 122 valence electrons. The third-order valence-corrected chi connectivity index (χ3v) is 4.38. The fourth-order valence-corrected chi connectivity index (χ4v) is 3.23. The normalized spacial score (nSPS) is 27.8. The minimum Gasteiger partial charge on any atom is -0.487 e. The SMILES string of the molecule is O[C@@H]1CN(C2CCOCC2)CC[C@H]1Oc1cc(F)cc(F)c1. The van der Waals surface area contributed by atoms with Crippen LogP contribution in [0.1, 0.15) is 19.3 Å². The number of piperidine rings is 1. The number of likely N-dealkylation sites (tertiary alicyclic amines) is 1. The molecule has 0 saturated carbocycles. The first-order valence-electron chi connectivity index (χ1n) is 7.74. The molecule has 6 heteroatoms. The maximum atomic E-state index is 13.2. The van der Waals surface area contributed by atoms with Gasteiger partial charge >= 0.3 is 0 Å². The number of hydrogen-bond acceptors (Lipinski definition) is 4. The Kier molecular flexibility index (Phi) is 4.90. The summed E-state index contributed by atoms with van der Waals surface area (Å²) in [6, 6.07) is 3.52. The summed E-state index contributed by atoms with van der Waals surface area (Å²) in [6.07, 6.45) is 1.50. The van der Waals surface area contributed by atoms with Crippen molar-refractivity contribution in [3.05, 3.63) is 29.8 Å². The van der Waals surface area contributed by atoms with E-state index in [4.69, 9.17) is 9.47 Å². The molecule has 2 fully saturated rings. The van der Waals surface area contributed by atoms with Crippen LogP contribution in [0.25, 0.3) is 0 Å². The fourth-order valence-electron chi connectivity index (χ4n) is 3.23. The molecule has 3 rings (SSSR count). The molecule has 2 atom stereocenters. The van der Waals surface area contributed by atoms with Crippen LogP contribution < -0.4 is 4.74 Å². The molecule has 0 aliphatic carbocycles. The summed E-state index contributed by atoms with van der Waals surface area (Å²) < 4.78 is 37.3. The first-order valence-corrected chi connectivity index (χ1v) is 7.74. The summed E-state index contributed by atoms with van der Waals surface area (Å²) in [7, 11) is 0. The smallest absolute Gasteiger partial charge is 0.129 e. The first kappa shape index (κ1) is 15.6. The standard InChI is InChI=1S/C16H21F2NO3/c17-11-7-12(18)9-14(8-11)22-16-1-4-19(10-15(16)20)13-2-5-21-6-3-13/h7-9,13,15-16,20H,1-6,10H2/t15-,16-/m1/s1. The summed E-state index contributed by atoms with van der Waals surface area (Å²) in [5.41, 5.74) is 0. The zero-order valence-electron chi connectivity index (χ0n) is 12.4. The molecule has 4 nitrogen and oxygen atoms in total. The van der Waals surface area contributed by atoms with E-state index in [0.29, 0.717) is 19.0 Å². The van der Waals surface area contributed by atoms with Crippen molar-refractivity contribution in [1.82, 2.24) is 4.90 Å². The third-order valence-electron chi connectivity index (χ3n) is 4.38. The molecular weight excluding hydrogens is 292 g/mol. The van der Waals surface area contributed by atoms with Crippen molar-refractivity contribution in [2.75, 3.05) is 26.3 Å². The van der Waals surface area contributed by atoms with Gasteiger partial charge in [0.15, 0.2) is 0 Å². The van der Waals surface area contributed by atoms with E-state index in [2.05, 4.69) is 4.90 Å². The Labute approximate surface area is 128 Å². The van der Waals surface area contributed by atoms with E-state index in [0.717, 1.165) is 50.8 Å². The number of hydrogen-bond donors (Lipinski definition) is 1. The average Bonchev–Trinajstić information content (AvgIpc) is 2.49. The highest BCUT2D eigenvalue weighted by Gasteiger charge is 2.33. The van der Waals surface area contributed by atoms with Crippen molar-refractivity contribution in [3.63, 3.8) is 0 Å². The van der Waals surface area contributed by atoms with Gasteiger partial charge in [-0.2, -0.15) is 0 Å². The molecule has 22 heavy (non-hydrogen) atoms. The number of nitrogens with zero attached hydrogens (tertiary/aromatic N) is 1. The Bertz CT molecular complexity index is 488. The van der Waals surface area contributed by atoms with Gasteiger partial charge in [-0.25, -0.2) is 8.78 Å². The summed E-state index contributed by atoms with van der Waals surface area (Å²) in [4.78, 5) is 2.26. The van der Waals surface area contributed by atoms with Gasteiger partial charge in [-0.3, -0.25) is 4.90 Å². The number of β-amino-alcohol motifs (C(OH)–C–C–N with tert-alkyl or cyclic N) is 1. The van der Waals surface area contributed by atoms with Crippen molar-refractivity contribution < 1.29 is 23.4 Å². The lowest BCUT2D eigenvalue weighted by Crippen LogP contribution is -2.53. The lowest BCUT2D eigenvalue weighted by atomic mass is 9.99. The Morgan fingerprint density at radius 2 is 1.77 bits per heavy atom. The van der Waals surface area contributed by atoms with E-state index in [9.17, 15) is 13.9 Å². The number of benzene rings is 1. The van der Waals surface area contributed by atoms with Crippen LogP contribution in [0.3, 0.4) is 0 Å². The third kappa shape index (κ3) is 3.74. The molecule has 0 unspecified atom stereocenters. The van der Waals surface area contributed by atoms with Crippen LogP contribution in [0, 0.1) is 11.6 Å². The molecule has 1 aromatic rings. The number of halogens is 2. The van der Waals surface area contributed by atoms with Crippen LogP contribution in [-0.4, -0.2) is 54.6 Å². The second-order valence-corrected chi connectivity index (χ2v) is 5.96. The van der Waals surface area contributed by atoms with E-state index in [-0.39, 0.29) is 5.75 Å².